The predicted octanol–water partition coefficient (Wildman–Crippen LogP) is 3.50. The topological polar surface area (TPSA) is 52.7 Å². The number of carbonyl (C=O) groups excluding carboxylic acids is 2. The van der Waals surface area contributed by atoms with Crippen LogP contribution < -0.4 is 5.32 Å². The first kappa shape index (κ1) is 21.5. The lowest BCUT2D eigenvalue weighted by Gasteiger charge is -2.20. The van der Waals surface area contributed by atoms with Gasteiger partial charge in [0.1, 0.15) is 5.82 Å². The molecular weight excluding hydrogens is 405 g/mol. The second kappa shape index (κ2) is 10.1. The van der Waals surface area contributed by atoms with E-state index in [1.807, 2.05) is 47.4 Å². The van der Waals surface area contributed by atoms with E-state index in [4.69, 9.17) is 0 Å². The molecule has 0 spiro atoms. The molecule has 6 heteroatoms. The molecule has 1 aliphatic heterocycles. The molecule has 1 saturated heterocycles. The maximum absolute atomic E-state index is 13.0. The summed E-state index contributed by atoms with van der Waals surface area (Å²) in [5.74, 6) is 5.12. The van der Waals surface area contributed by atoms with Gasteiger partial charge in [-0.3, -0.25) is 14.5 Å². The van der Waals surface area contributed by atoms with Crippen LogP contribution >= 0.6 is 0 Å². The van der Waals surface area contributed by atoms with Gasteiger partial charge in [0.25, 0.3) is 5.91 Å². The van der Waals surface area contributed by atoms with Gasteiger partial charge >= 0.3 is 0 Å². The number of anilines is 1. The van der Waals surface area contributed by atoms with E-state index < -0.39 is 0 Å². The Morgan fingerprint density at radius 3 is 2.53 bits per heavy atom. The van der Waals surface area contributed by atoms with Crippen molar-refractivity contribution in [2.24, 2.45) is 0 Å². The van der Waals surface area contributed by atoms with Crippen LogP contribution in [0.1, 0.15) is 12.0 Å². The van der Waals surface area contributed by atoms with Gasteiger partial charge < -0.3 is 10.2 Å². The minimum absolute atomic E-state index is 0.160. The van der Waals surface area contributed by atoms with E-state index in [1.165, 1.54) is 24.3 Å². The molecule has 0 aliphatic carbocycles. The van der Waals surface area contributed by atoms with Crippen LogP contribution in [0.25, 0.3) is 10.8 Å². The second-order valence-corrected chi connectivity index (χ2v) is 7.75. The van der Waals surface area contributed by atoms with Crippen LogP contribution in [0.4, 0.5) is 10.1 Å². The molecule has 1 heterocycles. The van der Waals surface area contributed by atoms with Crippen LogP contribution in [-0.2, 0) is 9.59 Å². The quantitative estimate of drug-likeness (QED) is 0.649. The van der Waals surface area contributed by atoms with Crippen LogP contribution in [0.15, 0.2) is 66.7 Å². The molecule has 1 aliphatic rings. The van der Waals surface area contributed by atoms with Gasteiger partial charge in [-0.25, -0.2) is 4.39 Å². The molecular formula is C26H24FN3O2. The molecule has 5 nitrogen and oxygen atoms in total. The zero-order valence-electron chi connectivity index (χ0n) is 17.7. The van der Waals surface area contributed by atoms with E-state index in [0.717, 1.165) is 29.3 Å². The summed E-state index contributed by atoms with van der Waals surface area (Å²) < 4.78 is 13.0. The molecule has 0 unspecified atom stereocenters. The van der Waals surface area contributed by atoms with Crippen LogP contribution in [0.3, 0.4) is 0 Å². The third-order valence-corrected chi connectivity index (χ3v) is 5.46. The van der Waals surface area contributed by atoms with Crippen molar-refractivity contribution in [3.8, 4) is 11.8 Å². The number of fused-ring (bicyclic) bond motifs is 1. The van der Waals surface area contributed by atoms with Crippen LogP contribution in [0, 0.1) is 17.7 Å². The highest BCUT2D eigenvalue weighted by atomic mass is 19.1. The monoisotopic (exact) mass is 429 g/mol. The van der Waals surface area contributed by atoms with Gasteiger partial charge in [-0.15, -0.1) is 0 Å². The third kappa shape index (κ3) is 5.51. The fraction of sp³-hybridized carbons (Fsp3) is 0.231. The van der Waals surface area contributed by atoms with E-state index >= 15 is 0 Å². The van der Waals surface area contributed by atoms with Crippen LogP contribution in [0.2, 0.25) is 0 Å². The fourth-order valence-corrected chi connectivity index (χ4v) is 3.80. The predicted molar refractivity (Wildman–Crippen MR) is 123 cm³/mol. The van der Waals surface area contributed by atoms with Gasteiger partial charge in [0.15, 0.2) is 0 Å². The van der Waals surface area contributed by atoms with Crippen molar-refractivity contribution in [3.63, 3.8) is 0 Å². The Hall–Kier alpha value is -3.69. The van der Waals surface area contributed by atoms with Gasteiger partial charge in [-0.1, -0.05) is 42.3 Å². The lowest BCUT2D eigenvalue weighted by atomic mass is 10.1. The Bertz CT molecular complexity index is 1180. The molecule has 4 rings (SSSR count). The Labute approximate surface area is 186 Å². The number of amides is 2. The number of hydrogen-bond acceptors (Lipinski definition) is 3. The standard InChI is InChI=1S/C26H24FN3O2/c27-22-10-12-23(13-11-22)28-25(31)19-29-15-4-16-30(18-17-29)26(32)14-9-21-7-3-6-20-5-1-2-8-24(20)21/h1-3,5-8,10-13H,4,15-19H2,(H,28,31). The summed E-state index contributed by atoms with van der Waals surface area (Å²) in [6.45, 7) is 2.67. The Morgan fingerprint density at radius 1 is 0.906 bits per heavy atom. The fourth-order valence-electron chi connectivity index (χ4n) is 3.80. The largest absolute Gasteiger partial charge is 0.331 e. The molecule has 0 aromatic heterocycles. The number of rotatable bonds is 3. The van der Waals surface area contributed by atoms with Crippen molar-refractivity contribution in [2.45, 2.75) is 6.42 Å². The van der Waals surface area contributed by atoms with E-state index in [-0.39, 0.29) is 24.2 Å². The number of halogens is 1. The summed E-state index contributed by atoms with van der Waals surface area (Å²) in [5.41, 5.74) is 1.40. The average molecular weight is 429 g/mol. The molecule has 32 heavy (non-hydrogen) atoms. The minimum atomic E-state index is -0.344. The Balaban J connectivity index is 1.33. The van der Waals surface area contributed by atoms with Gasteiger partial charge in [0.05, 0.1) is 6.54 Å². The first-order chi connectivity index (χ1) is 15.6. The van der Waals surface area contributed by atoms with Crippen LogP contribution in [0.5, 0.6) is 0 Å². The number of benzene rings is 3. The lowest BCUT2D eigenvalue weighted by molar-refractivity contribution is -0.124. The van der Waals surface area contributed by atoms with Gasteiger partial charge in [0, 0.05) is 43.4 Å². The van der Waals surface area contributed by atoms with Crippen LogP contribution in [-0.4, -0.2) is 54.3 Å². The average Bonchev–Trinajstić information content (AvgIpc) is 3.04. The molecule has 0 saturated carbocycles. The summed E-state index contributed by atoms with van der Waals surface area (Å²) in [7, 11) is 0. The number of nitrogens with one attached hydrogen (secondary N) is 1. The van der Waals surface area contributed by atoms with E-state index in [0.29, 0.717) is 25.3 Å². The summed E-state index contributed by atoms with van der Waals surface area (Å²) >= 11 is 0. The zero-order valence-corrected chi connectivity index (χ0v) is 17.7. The van der Waals surface area contributed by atoms with E-state index in [2.05, 4.69) is 17.2 Å². The van der Waals surface area contributed by atoms with Crippen molar-refractivity contribution in [2.75, 3.05) is 38.0 Å². The molecule has 1 N–H and O–H groups in total. The molecule has 0 atom stereocenters. The van der Waals surface area contributed by atoms with Gasteiger partial charge in [0.2, 0.25) is 5.91 Å². The zero-order chi connectivity index (χ0) is 22.3. The van der Waals surface area contributed by atoms with Crippen molar-refractivity contribution < 1.29 is 14.0 Å². The maximum Gasteiger partial charge on any atom is 0.298 e. The first-order valence-electron chi connectivity index (χ1n) is 10.6. The first-order valence-corrected chi connectivity index (χ1v) is 10.6. The highest BCUT2D eigenvalue weighted by Crippen LogP contribution is 2.17. The molecule has 3 aromatic carbocycles. The smallest absolute Gasteiger partial charge is 0.298 e. The molecule has 2 amide bonds. The summed E-state index contributed by atoms with van der Waals surface area (Å²) in [4.78, 5) is 28.8. The lowest BCUT2D eigenvalue weighted by Crippen LogP contribution is -2.37. The summed E-state index contributed by atoms with van der Waals surface area (Å²) in [6.07, 6.45) is 0.769. The van der Waals surface area contributed by atoms with Crippen molar-refractivity contribution in [1.82, 2.24) is 9.80 Å². The van der Waals surface area contributed by atoms with Crippen molar-refractivity contribution in [3.05, 3.63) is 78.1 Å². The minimum Gasteiger partial charge on any atom is -0.331 e. The number of nitrogens with zero attached hydrogens (tertiary/aromatic N) is 2. The third-order valence-electron chi connectivity index (χ3n) is 5.46. The van der Waals surface area contributed by atoms with Gasteiger partial charge in [-0.2, -0.15) is 0 Å². The highest BCUT2D eigenvalue weighted by Gasteiger charge is 2.19. The van der Waals surface area contributed by atoms with Crippen molar-refractivity contribution >= 4 is 28.3 Å². The normalized spacial score (nSPS) is 14.3. The molecule has 0 radical (unpaired) electrons. The summed E-state index contributed by atoms with van der Waals surface area (Å²) in [5, 5.41) is 4.90. The Kier molecular flexibility index (Phi) is 6.78. The number of carbonyl (C=O) groups is 2. The molecule has 162 valence electrons. The highest BCUT2D eigenvalue weighted by molar-refractivity contribution is 5.96. The van der Waals surface area contributed by atoms with E-state index in [1.54, 1.807) is 4.90 Å². The summed E-state index contributed by atoms with van der Waals surface area (Å²) in [6, 6.07) is 19.5. The van der Waals surface area contributed by atoms with E-state index in [9.17, 15) is 14.0 Å². The maximum atomic E-state index is 13.0. The molecule has 1 fully saturated rings. The number of hydrogen-bond donors (Lipinski definition) is 1. The molecule has 3 aromatic rings. The molecule has 0 bridgehead atoms. The van der Waals surface area contributed by atoms with Crippen molar-refractivity contribution in [1.29, 1.82) is 0 Å². The Morgan fingerprint density at radius 2 is 1.69 bits per heavy atom. The SMILES string of the molecule is O=C(CN1CCCN(C(=O)C#Cc2cccc3ccccc23)CC1)Nc1ccc(F)cc1. The second-order valence-electron chi connectivity index (χ2n) is 7.75. The van der Waals surface area contributed by atoms with Gasteiger partial charge in [-0.05, 0) is 47.5 Å².